The van der Waals surface area contributed by atoms with Gasteiger partial charge in [0.1, 0.15) is 0 Å². The number of sulfonamides is 1. The third-order valence-corrected chi connectivity index (χ3v) is 4.73. The number of hydrogen-bond acceptors (Lipinski definition) is 4. The highest BCUT2D eigenvalue weighted by Gasteiger charge is 2.19. The number of benzene rings is 1. The average molecular weight is 315 g/mol. The fourth-order valence-corrected chi connectivity index (χ4v) is 3.48. The minimum Gasteiger partial charge on any atom is -0.472 e. The fraction of sp³-hybridized carbons (Fsp3) is 0.231. The van der Waals surface area contributed by atoms with Gasteiger partial charge in [-0.25, -0.2) is 13.1 Å². The number of hydrogen-bond donors (Lipinski definition) is 2. The predicted octanol–water partition coefficient (Wildman–Crippen LogP) is 2.18. The summed E-state index contributed by atoms with van der Waals surface area (Å²) >= 11 is 5.94. The van der Waals surface area contributed by atoms with Gasteiger partial charge in [-0.1, -0.05) is 11.6 Å². The van der Waals surface area contributed by atoms with Crippen LogP contribution in [-0.4, -0.2) is 8.42 Å². The first kappa shape index (κ1) is 15.1. The Labute approximate surface area is 122 Å². The van der Waals surface area contributed by atoms with E-state index in [0.717, 1.165) is 5.56 Å². The van der Waals surface area contributed by atoms with Crippen LogP contribution in [0.25, 0.3) is 0 Å². The Bertz CT molecular complexity index is 697. The van der Waals surface area contributed by atoms with Crippen LogP contribution in [0.3, 0.4) is 0 Å². The summed E-state index contributed by atoms with van der Waals surface area (Å²) in [4.78, 5) is 0.147. The zero-order chi connectivity index (χ0) is 14.8. The normalized spacial score (nSPS) is 11.8. The van der Waals surface area contributed by atoms with Crippen LogP contribution in [0, 0.1) is 6.92 Å². The van der Waals surface area contributed by atoms with Gasteiger partial charge in [-0.05, 0) is 36.2 Å². The van der Waals surface area contributed by atoms with E-state index in [1.807, 2.05) is 0 Å². The van der Waals surface area contributed by atoms with Crippen LogP contribution < -0.4 is 10.5 Å². The standard InChI is InChI=1S/C13H15ClN2O3S/c1-9-11(6-15)4-12(14)5-13(9)20(17,18)16-7-10-2-3-19-8-10/h2-5,8,16H,6-7,15H2,1H3. The SMILES string of the molecule is Cc1c(CN)cc(Cl)cc1S(=O)(=O)NCc1ccoc1. The van der Waals surface area contributed by atoms with Crippen molar-refractivity contribution in [2.24, 2.45) is 5.73 Å². The van der Waals surface area contributed by atoms with Crippen molar-refractivity contribution in [2.45, 2.75) is 24.9 Å². The number of furan rings is 1. The van der Waals surface area contributed by atoms with Crippen molar-refractivity contribution in [3.05, 3.63) is 52.4 Å². The maximum atomic E-state index is 12.3. The number of halogens is 1. The lowest BCUT2D eigenvalue weighted by molar-refractivity contribution is 0.561. The molecule has 5 nitrogen and oxygen atoms in total. The Hall–Kier alpha value is -1.34. The third-order valence-electron chi connectivity index (χ3n) is 2.99. The smallest absolute Gasteiger partial charge is 0.241 e. The first-order chi connectivity index (χ1) is 9.44. The zero-order valence-electron chi connectivity index (χ0n) is 10.9. The van der Waals surface area contributed by atoms with E-state index in [1.165, 1.54) is 18.6 Å². The predicted molar refractivity (Wildman–Crippen MR) is 76.8 cm³/mol. The second-order valence-electron chi connectivity index (χ2n) is 4.35. The van der Waals surface area contributed by atoms with Gasteiger partial charge in [-0.15, -0.1) is 0 Å². The fourth-order valence-electron chi connectivity index (χ4n) is 1.85. The summed E-state index contributed by atoms with van der Waals surface area (Å²) in [6.45, 7) is 2.10. The van der Waals surface area contributed by atoms with E-state index in [0.29, 0.717) is 16.1 Å². The van der Waals surface area contributed by atoms with E-state index in [-0.39, 0.29) is 18.0 Å². The van der Waals surface area contributed by atoms with Gasteiger partial charge < -0.3 is 10.2 Å². The van der Waals surface area contributed by atoms with Crippen molar-refractivity contribution in [1.29, 1.82) is 0 Å². The minimum absolute atomic E-state index is 0.147. The van der Waals surface area contributed by atoms with Crippen LogP contribution in [0.1, 0.15) is 16.7 Å². The first-order valence-corrected chi connectivity index (χ1v) is 7.80. The molecule has 20 heavy (non-hydrogen) atoms. The Morgan fingerprint density at radius 2 is 2.15 bits per heavy atom. The topological polar surface area (TPSA) is 85.3 Å². The third kappa shape index (κ3) is 3.21. The molecule has 0 atom stereocenters. The van der Waals surface area contributed by atoms with Gasteiger partial charge in [-0.2, -0.15) is 0 Å². The van der Waals surface area contributed by atoms with E-state index < -0.39 is 10.0 Å². The van der Waals surface area contributed by atoms with E-state index in [1.54, 1.807) is 19.1 Å². The van der Waals surface area contributed by atoms with Gasteiger partial charge in [0.05, 0.1) is 17.4 Å². The summed E-state index contributed by atoms with van der Waals surface area (Å²) in [6, 6.07) is 4.79. The van der Waals surface area contributed by atoms with Gasteiger partial charge in [0.25, 0.3) is 0 Å². The molecule has 0 saturated carbocycles. The van der Waals surface area contributed by atoms with Gasteiger partial charge in [0.2, 0.25) is 10.0 Å². The van der Waals surface area contributed by atoms with Crippen LogP contribution in [0.2, 0.25) is 5.02 Å². The molecule has 2 aromatic rings. The molecule has 0 spiro atoms. The van der Waals surface area contributed by atoms with Gasteiger partial charge >= 0.3 is 0 Å². The van der Waals surface area contributed by atoms with Crippen molar-refractivity contribution in [3.63, 3.8) is 0 Å². The molecular formula is C13H15ClN2O3S. The molecule has 0 amide bonds. The van der Waals surface area contributed by atoms with Crippen molar-refractivity contribution in [1.82, 2.24) is 4.72 Å². The largest absolute Gasteiger partial charge is 0.472 e. The van der Waals surface area contributed by atoms with Crippen LogP contribution in [0.4, 0.5) is 0 Å². The Morgan fingerprint density at radius 3 is 2.75 bits per heavy atom. The number of nitrogens with one attached hydrogen (secondary N) is 1. The van der Waals surface area contributed by atoms with Crippen molar-refractivity contribution >= 4 is 21.6 Å². The molecule has 0 saturated heterocycles. The zero-order valence-corrected chi connectivity index (χ0v) is 12.5. The monoisotopic (exact) mass is 314 g/mol. The summed E-state index contributed by atoms with van der Waals surface area (Å²) in [5, 5.41) is 0.347. The molecule has 0 radical (unpaired) electrons. The second kappa shape index (κ2) is 5.97. The number of nitrogens with two attached hydrogens (primary N) is 1. The molecular weight excluding hydrogens is 300 g/mol. The first-order valence-electron chi connectivity index (χ1n) is 5.94. The molecule has 1 heterocycles. The molecule has 0 aliphatic heterocycles. The average Bonchev–Trinajstić information content (AvgIpc) is 2.92. The molecule has 0 aliphatic rings. The number of rotatable bonds is 5. The Kier molecular flexibility index (Phi) is 4.49. The molecule has 0 fully saturated rings. The Morgan fingerprint density at radius 1 is 1.40 bits per heavy atom. The lowest BCUT2D eigenvalue weighted by Gasteiger charge is -2.12. The van der Waals surface area contributed by atoms with Crippen LogP contribution in [0.15, 0.2) is 40.0 Å². The lowest BCUT2D eigenvalue weighted by atomic mass is 10.1. The summed E-state index contributed by atoms with van der Waals surface area (Å²) in [5.74, 6) is 0. The van der Waals surface area contributed by atoms with Gasteiger partial charge in [0.15, 0.2) is 0 Å². The van der Waals surface area contributed by atoms with Crippen LogP contribution in [-0.2, 0) is 23.1 Å². The highest BCUT2D eigenvalue weighted by atomic mass is 35.5. The second-order valence-corrected chi connectivity index (χ2v) is 6.52. The summed E-state index contributed by atoms with van der Waals surface area (Å²) in [5.41, 5.74) is 7.66. The molecule has 2 rings (SSSR count). The van der Waals surface area contributed by atoms with Gasteiger partial charge in [-0.3, -0.25) is 0 Å². The molecule has 7 heteroatoms. The van der Waals surface area contributed by atoms with E-state index in [2.05, 4.69) is 4.72 Å². The summed E-state index contributed by atoms with van der Waals surface area (Å²) in [6.07, 6.45) is 2.97. The molecule has 3 N–H and O–H groups in total. The summed E-state index contributed by atoms with van der Waals surface area (Å²) in [7, 11) is -3.65. The maximum absolute atomic E-state index is 12.3. The van der Waals surface area contributed by atoms with Gasteiger partial charge in [0, 0.05) is 23.7 Å². The van der Waals surface area contributed by atoms with Crippen molar-refractivity contribution < 1.29 is 12.8 Å². The van der Waals surface area contributed by atoms with E-state index >= 15 is 0 Å². The molecule has 1 aromatic heterocycles. The van der Waals surface area contributed by atoms with Crippen LogP contribution >= 0.6 is 11.6 Å². The highest BCUT2D eigenvalue weighted by Crippen LogP contribution is 2.24. The lowest BCUT2D eigenvalue weighted by Crippen LogP contribution is -2.24. The summed E-state index contributed by atoms with van der Waals surface area (Å²) < 4.78 is 32.1. The Balaban J connectivity index is 2.31. The van der Waals surface area contributed by atoms with E-state index in [4.69, 9.17) is 21.8 Å². The molecule has 108 valence electrons. The van der Waals surface area contributed by atoms with E-state index in [9.17, 15) is 8.42 Å². The maximum Gasteiger partial charge on any atom is 0.241 e. The molecule has 0 bridgehead atoms. The van der Waals surface area contributed by atoms with Crippen LogP contribution in [0.5, 0.6) is 0 Å². The highest BCUT2D eigenvalue weighted by molar-refractivity contribution is 7.89. The van der Waals surface area contributed by atoms with Crippen molar-refractivity contribution in [2.75, 3.05) is 0 Å². The van der Waals surface area contributed by atoms with Crippen molar-refractivity contribution in [3.8, 4) is 0 Å². The quantitative estimate of drug-likeness (QED) is 0.885. The minimum atomic E-state index is -3.65. The molecule has 0 unspecified atom stereocenters. The molecule has 0 aliphatic carbocycles. The molecule has 1 aromatic carbocycles.